The van der Waals surface area contributed by atoms with Crippen LogP contribution >= 0.6 is 11.6 Å². The Kier molecular flexibility index (Phi) is 9.68. The molecular weight excluding hydrogens is 534 g/mol. The predicted molar refractivity (Wildman–Crippen MR) is 151 cm³/mol. The number of amides is 3. The molecule has 0 unspecified atom stereocenters. The zero-order chi connectivity index (χ0) is 28.3. The molecule has 0 heterocycles. The minimum atomic E-state index is -0.707. The van der Waals surface area contributed by atoms with Gasteiger partial charge in [0.2, 0.25) is 5.91 Å². The molecule has 4 aromatic carbocycles. The molecule has 0 fully saturated rings. The van der Waals surface area contributed by atoms with Crippen LogP contribution in [0.5, 0.6) is 11.5 Å². The lowest BCUT2D eigenvalue weighted by Gasteiger charge is -2.10. The molecule has 40 heavy (non-hydrogen) atoms. The molecular formula is C30H26ClN3O6. The van der Waals surface area contributed by atoms with Crippen molar-refractivity contribution in [3.63, 3.8) is 0 Å². The Balaban J connectivity index is 1.12. The van der Waals surface area contributed by atoms with Crippen molar-refractivity contribution in [3.8, 4) is 11.5 Å². The maximum absolute atomic E-state index is 12.3. The van der Waals surface area contributed by atoms with Gasteiger partial charge >= 0.3 is 5.97 Å². The molecule has 0 saturated heterocycles. The van der Waals surface area contributed by atoms with Crippen molar-refractivity contribution in [1.29, 1.82) is 0 Å². The van der Waals surface area contributed by atoms with Crippen molar-refractivity contribution in [1.82, 2.24) is 10.9 Å². The average molecular weight is 560 g/mol. The molecule has 4 rings (SSSR count). The summed E-state index contributed by atoms with van der Waals surface area (Å²) in [6, 6.07) is 26.9. The van der Waals surface area contributed by atoms with Gasteiger partial charge in [-0.3, -0.25) is 30.0 Å². The zero-order valence-electron chi connectivity index (χ0n) is 21.3. The number of anilines is 1. The first-order valence-corrected chi connectivity index (χ1v) is 12.8. The molecule has 0 aromatic heterocycles. The Morgan fingerprint density at radius 3 is 2.23 bits per heavy atom. The van der Waals surface area contributed by atoms with Crippen LogP contribution in [0.25, 0.3) is 10.8 Å². The maximum Gasteiger partial charge on any atom is 0.306 e. The molecule has 3 N–H and O–H groups in total. The largest absolute Gasteiger partial charge is 0.457 e. The van der Waals surface area contributed by atoms with E-state index in [1.807, 2.05) is 42.5 Å². The molecule has 3 amide bonds. The van der Waals surface area contributed by atoms with Crippen LogP contribution in [-0.2, 0) is 19.1 Å². The summed E-state index contributed by atoms with van der Waals surface area (Å²) in [5.74, 6) is -0.789. The molecule has 0 spiro atoms. The average Bonchev–Trinajstić information content (AvgIpc) is 2.96. The summed E-state index contributed by atoms with van der Waals surface area (Å²) in [6.45, 7) is -0.570. The van der Waals surface area contributed by atoms with Gasteiger partial charge in [-0.15, -0.1) is 0 Å². The number of fused-ring (bicyclic) bond motifs is 1. The van der Waals surface area contributed by atoms with Gasteiger partial charge in [0, 0.05) is 34.5 Å². The van der Waals surface area contributed by atoms with E-state index in [1.54, 1.807) is 36.4 Å². The minimum Gasteiger partial charge on any atom is -0.457 e. The summed E-state index contributed by atoms with van der Waals surface area (Å²) in [5.41, 5.74) is 5.26. The van der Waals surface area contributed by atoms with Gasteiger partial charge in [-0.1, -0.05) is 48.0 Å². The van der Waals surface area contributed by atoms with E-state index in [-0.39, 0.29) is 25.2 Å². The molecule has 0 aliphatic carbocycles. The number of carbonyl (C=O) groups is 4. The van der Waals surface area contributed by atoms with Crippen molar-refractivity contribution >= 4 is 51.8 Å². The Labute approximate surface area is 235 Å². The van der Waals surface area contributed by atoms with Crippen LogP contribution in [0.3, 0.4) is 0 Å². The van der Waals surface area contributed by atoms with E-state index >= 15 is 0 Å². The molecule has 10 heteroatoms. The second-order valence-electron chi connectivity index (χ2n) is 8.68. The molecule has 9 nitrogen and oxygen atoms in total. The summed E-state index contributed by atoms with van der Waals surface area (Å²) in [6.07, 6.45) is 0.282. The van der Waals surface area contributed by atoms with Crippen molar-refractivity contribution in [2.24, 2.45) is 0 Å². The Bertz CT molecular complexity index is 1500. The number of halogens is 1. The fraction of sp³-hybridized carbons (Fsp3) is 0.133. The van der Waals surface area contributed by atoms with Gasteiger partial charge < -0.3 is 14.8 Å². The van der Waals surface area contributed by atoms with Crippen molar-refractivity contribution < 1.29 is 28.7 Å². The number of hydrogen-bond acceptors (Lipinski definition) is 6. The van der Waals surface area contributed by atoms with E-state index in [0.29, 0.717) is 22.0 Å². The van der Waals surface area contributed by atoms with Crippen LogP contribution < -0.4 is 20.9 Å². The highest BCUT2D eigenvalue weighted by Crippen LogP contribution is 2.30. The first kappa shape index (κ1) is 28.1. The van der Waals surface area contributed by atoms with Gasteiger partial charge in [-0.05, 0) is 66.4 Å². The molecule has 0 saturated carbocycles. The van der Waals surface area contributed by atoms with Gasteiger partial charge in [-0.2, -0.15) is 0 Å². The third-order valence-electron chi connectivity index (χ3n) is 5.69. The van der Waals surface area contributed by atoms with Crippen LogP contribution in [-0.4, -0.2) is 30.3 Å². The van der Waals surface area contributed by atoms with Crippen LogP contribution in [0.15, 0.2) is 91.0 Å². The molecule has 0 aliphatic rings. The Hall–Kier alpha value is -4.89. The molecule has 0 bridgehead atoms. The molecule has 204 valence electrons. The van der Waals surface area contributed by atoms with Gasteiger partial charge in [0.15, 0.2) is 6.61 Å². The number of benzene rings is 4. The molecule has 0 atom stereocenters. The van der Waals surface area contributed by atoms with E-state index in [2.05, 4.69) is 16.2 Å². The summed E-state index contributed by atoms with van der Waals surface area (Å²) in [4.78, 5) is 47.9. The zero-order valence-corrected chi connectivity index (χ0v) is 22.1. The highest BCUT2D eigenvalue weighted by Gasteiger charge is 2.11. The second kappa shape index (κ2) is 13.8. The van der Waals surface area contributed by atoms with Gasteiger partial charge in [0.1, 0.15) is 11.5 Å². The monoisotopic (exact) mass is 559 g/mol. The Morgan fingerprint density at radius 2 is 1.45 bits per heavy atom. The number of esters is 1. The highest BCUT2D eigenvalue weighted by molar-refractivity contribution is 6.30. The lowest BCUT2D eigenvalue weighted by atomic mass is 10.1. The normalized spacial score (nSPS) is 10.4. The fourth-order valence-corrected chi connectivity index (χ4v) is 3.81. The van der Waals surface area contributed by atoms with Gasteiger partial charge in [0.25, 0.3) is 11.8 Å². The van der Waals surface area contributed by atoms with Crippen LogP contribution in [0.1, 0.15) is 29.6 Å². The number of hydrogen-bond donors (Lipinski definition) is 3. The summed E-state index contributed by atoms with van der Waals surface area (Å²) >= 11 is 5.77. The predicted octanol–water partition coefficient (Wildman–Crippen LogP) is 5.40. The number of ether oxygens (including phenoxy) is 2. The number of carbonyl (C=O) groups excluding carboxylic acids is 4. The van der Waals surface area contributed by atoms with Crippen LogP contribution in [0.4, 0.5) is 5.69 Å². The standard InChI is InChI=1S/C30H26ClN3O6/c31-22-13-11-21(12-14-22)30(38)34-33-28(36)19-39-29(37)10-4-9-27(35)32-23-15-17-24(18-16-23)40-26-8-3-6-20-5-1-2-7-25(20)26/h1-3,5-8,11-18H,4,9-10,19H2,(H,32,35)(H,33,36)(H,34,38). The maximum atomic E-state index is 12.3. The van der Waals surface area contributed by atoms with Gasteiger partial charge in [0.05, 0.1) is 0 Å². The molecule has 4 aromatic rings. The lowest BCUT2D eigenvalue weighted by Crippen LogP contribution is -2.43. The Morgan fingerprint density at radius 1 is 0.725 bits per heavy atom. The first-order valence-electron chi connectivity index (χ1n) is 12.4. The molecule has 0 aliphatic heterocycles. The van der Waals surface area contributed by atoms with Crippen molar-refractivity contribution in [3.05, 3.63) is 102 Å². The van der Waals surface area contributed by atoms with E-state index in [1.165, 1.54) is 12.1 Å². The highest BCUT2D eigenvalue weighted by atomic mass is 35.5. The van der Waals surface area contributed by atoms with Crippen LogP contribution in [0.2, 0.25) is 5.02 Å². The topological polar surface area (TPSA) is 123 Å². The van der Waals surface area contributed by atoms with Crippen LogP contribution in [0, 0.1) is 0 Å². The van der Waals surface area contributed by atoms with Crippen molar-refractivity contribution in [2.75, 3.05) is 11.9 Å². The van der Waals surface area contributed by atoms with E-state index in [0.717, 1.165) is 16.5 Å². The summed E-state index contributed by atoms with van der Waals surface area (Å²) in [5, 5.41) is 5.33. The van der Waals surface area contributed by atoms with Gasteiger partial charge in [-0.25, -0.2) is 0 Å². The number of hydrazine groups is 1. The number of rotatable bonds is 10. The van der Waals surface area contributed by atoms with Crippen molar-refractivity contribution in [2.45, 2.75) is 19.3 Å². The smallest absolute Gasteiger partial charge is 0.306 e. The fourth-order valence-electron chi connectivity index (χ4n) is 3.69. The van der Waals surface area contributed by atoms with E-state index in [9.17, 15) is 19.2 Å². The summed E-state index contributed by atoms with van der Waals surface area (Å²) < 4.78 is 10.9. The SMILES string of the molecule is O=C(COC(=O)CCCC(=O)Nc1ccc(Oc2cccc3ccccc23)cc1)NNC(=O)c1ccc(Cl)cc1. The third-order valence-corrected chi connectivity index (χ3v) is 5.94. The minimum absolute atomic E-state index is 0.0460. The second-order valence-corrected chi connectivity index (χ2v) is 9.11. The van der Waals surface area contributed by atoms with E-state index in [4.69, 9.17) is 21.1 Å². The first-order chi connectivity index (χ1) is 19.4. The van der Waals surface area contributed by atoms with E-state index < -0.39 is 24.4 Å². The number of nitrogens with one attached hydrogen (secondary N) is 3. The lowest BCUT2D eigenvalue weighted by molar-refractivity contribution is -0.148. The quantitative estimate of drug-likeness (QED) is 0.177. The summed E-state index contributed by atoms with van der Waals surface area (Å²) in [7, 11) is 0. The third kappa shape index (κ3) is 8.31. The molecule has 0 radical (unpaired) electrons.